The molecule has 1 amide bonds. The molecule has 11 atom stereocenters. The first-order valence-corrected chi connectivity index (χ1v) is 19.9. The molecule has 2 aromatic heterocycles. The number of Topliss-reactive ketones (excluding diaryl/α,β-unsaturated/α-hetero) is 1. The first-order chi connectivity index (χ1) is 25.1. The van der Waals surface area contributed by atoms with Gasteiger partial charge in [-0.05, 0) is 63.2 Å². The van der Waals surface area contributed by atoms with Gasteiger partial charge in [0.1, 0.15) is 18.2 Å². The van der Waals surface area contributed by atoms with Crippen LogP contribution in [-0.2, 0) is 25.7 Å². The van der Waals surface area contributed by atoms with Gasteiger partial charge in [0.05, 0.1) is 19.0 Å². The topological polar surface area (TPSA) is 160 Å². The van der Waals surface area contributed by atoms with Crippen molar-refractivity contribution in [3.63, 3.8) is 0 Å². The number of aromatic nitrogens is 4. The number of carbonyl (C=O) groups is 3. The van der Waals surface area contributed by atoms with Crippen molar-refractivity contribution in [1.29, 1.82) is 0 Å². The Morgan fingerprint density at radius 3 is 2.42 bits per heavy atom. The highest BCUT2D eigenvalue weighted by atomic mass is 35.5. The van der Waals surface area contributed by atoms with Gasteiger partial charge < -0.3 is 29.9 Å². The number of amides is 1. The molecular formula is C40H62Cl2N8O5. The Balaban J connectivity index is 0.00000290. The molecule has 0 radical (unpaired) electrons. The molecule has 5 aliphatic rings. The number of nitrogens with two attached hydrogens (primary N) is 1. The van der Waals surface area contributed by atoms with E-state index in [9.17, 15) is 19.5 Å². The summed E-state index contributed by atoms with van der Waals surface area (Å²) in [5.74, 6) is 0.578. The van der Waals surface area contributed by atoms with Crippen molar-refractivity contribution >= 4 is 59.5 Å². The number of fused-ring (bicyclic) bond motifs is 1. The van der Waals surface area contributed by atoms with Crippen LogP contribution in [0, 0.1) is 34.0 Å². The van der Waals surface area contributed by atoms with E-state index >= 15 is 0 Å². The zero-order valence-electron chi connectivity index (χ0n) is 33.4. The van der Waals surface area contributed by atoms with Crippen LogP contribution in [0.4, 0.5) is 5.82 Å². The van der Waals surface area contributed by atoms with Gasteiger partial charge in [-0.15, -0.1) is 31.4 Å². The Bertz CT molecular complexity index is 1750. The molecule has 3 unspecified atom stereocenters. The van der Waals surface area contributed by atoms with Crippen LogP contribution in [0.2, 0.25) is 0 Å². The second-order valence-electron chi connectivity index (χ2n) is 17.8. The zero-order chi connectivity index (χ0) is 38.0. The standard InChI is InChI=1S/C40H60N8O5.2ClH/c1-8-38(6)17-30(39(7)24(2)9-13-40(27(5)35(38)52)14-10-29(49)34(39)40)53-32(51)21-45-18-25(3)48(26(4)19-45)31(50)12-16-47-23-44-33-36(42-22-43-37(33)47)46-15-11-28(41)20-46;;/h8,22-28,30,34-35,52H,1,9-21,41H2,2-7H3;2*1H/t24-,25?,26?,27+,28?,30-,34-,35+,38-,39+,40+;;/m1../s1. The van der Waals surface area contributed by atoms with Gasteiger partial charge in [-0.25, -0.2) is 15.0 Å². The number of piperazine rings is 1. The summed E-state index contributed by atoms with van der Waals surface area (Å²) in [6.45, 7) is 19.9. The van der Waals surface area contributed by atoms with Crippen LogP contribution in [0.15, 0.2) is 25.3 Å². The quantitative estimate of drug-likeness (QED) is 0.287. The summed E-state index contributed by atoms with van der Waals surface area (Å²) in [5.41, 5.74) is 6.01. The molecule has 3 saturated carbocycles. The Labute approximate surface area is 338 Å². The summed E-state index contributed by atoms with van der Waals surface area (Å²) >= 11 is 0. The highest BCUT2D eigenvalue weighted by Gasteiger charge is 2.68. The van der Waals surface area contributed by atoms with E-state index in [2.05, 4.69) is 52.1 Å². The Hall–Kier alpha value is -2.84. The largest absolute Gasteiger partial charge is 0.461 e. The molecule has 0 aromatic carbocycles. The maximum absolute atomic E-state index is 14.0. The van der Waals surface area contributed by atoms with E-state index in [0.29, 0.717) is 44.5 Å². The first-order valence-electron chi connectivity index (χ1n) is 19.9. The molecule has 2 bridgehead atoms. The number of halogens is 2. The van der Waals surface area contributed by atoms with Crippen molar-refractivity contribution in [2.24, 2.45) is 39.7 Å². The third-order valence-corrected chi connectivity index (χ3v) is 14.7. The maximum atomic E-state index is 14.0. The molecule has 5 fully saturated rings. The molecule has 2 saturated heterocycles. The van der Waals surface area contributed by atoms with Crippen molar-refractivity contribution in [3.05, 3.63) is 25.3 Å². The molecule has 4 heterocycles. The Kier molecular flexibility index (Phi) is 12.7. The number of hydrogen-bond donors (Lipinski definition) is 2. The second-order valence-corrected chi connectivity index (χ2v) is 17.8. The van der Waals surface area contributed by atoms with E-state index in [-0.39, 0.29) is 90.3 Å². The molecule has 15 heteroatoms. The second kappa shape index (κ2) is 16.2. The highest BCUT2D eigenvalue weighted by Crippen LogP contribution is 2.68. The fourth-order valence-corrected chi connectivity index (χ4v) is 11.5. The van der Waals surface area contributed by atoms with Crippen molar-refractivity contribution in [2.45, 2.75) is 123 Å². The summed E-state index contributed by atoms with van der Waals surface area (Å²) < 4.78 is 8.44. The number of aryl methyl sites for hydroxylation is 1. The van der Waals surface area contributed by atoms with Gasteiger partial charge >= 0.3 is 5.97 Å². The predicted octanol–water partition coefficient (Wildman–Crippen LogP) is 4.43. The van der Waals surface area contributed by atoms with Gasteiger partial charge in [0.15, 0.2) is 17.0 Å². The van der Waals surface area contributed by atoms with Gasteiger partial charge in [0.2, 0.25) is 5.91 Å². The van der Waals surface area contributed by atoms with Gasteiger partial charge in [0, 0.05) is 80.4 Å². The first kappa shape index (κ1) is 43.3. The third-order valence-electron chi connectivity index (χ3n) is 14.7. The van der Waals surface area contributed by atoms with Crippen LogP contribution >= 0.6 is 24.8 Å². The van der Waals surface area contributed by atoms with Crippen LogP contribution < -0.4 is 10.6 Å². The number of aliphatic hydroxyl groups is 1. The average Bonchev–Trinajstić information content (AvgIpc) is 3.84. The van der Waals surface area contributed by atoms with Crippen molar-refractivity contribution in [3.8, 4) is 0 Å². The van der Waals surface area contributed by atoms with E-state index in [1.807, 2.05) is 36.3 Å². The number of ether oxygens (including phenoxy) is 1. The normalized spacial score (nSPS) is 37.7. The van der Waals surface area contributed by atoms with E-state index in [0.717, 1.165) is 50.1 Å². The zero-order valence-corrected chi connectivity index (χ0v) is 35.0. The number of imidazole rings is 1. The fourth-order valence-electron chi connectivity index (χ4n) is 11.5. The molecule has 3 N–H and O–H groups in total. The molecule has 2 aliphatic heterocycles. The van der Waals surface area contributed by atoms with Gasteiger partial charge in [-0.1, -0.05) is 33.8 Å². The number of rotatable bonds is 8. The molecule has 13 nitrogen and oxygen atoms in total. The van der Waals surface area contributed by atoms with E-state index < -0.39 is 23.0 Å². The SMILES string of the molecule is C=C[C@]1(C)C[C@@H](OC(=O)CN2CC(C)N(C(=O)CCn3cnc4c(N5CCC(N)C5)ncnc43)C(C)C2)[C@]2(C)[C@H](C)CC[C@]3(CCC(=O)[C@@H]32)[C@@H](C)[C@@H]1O.Cl.Cl. The van der Waals surface area contributed by atoms with Crippen LogP contribution in [0.25, 0.3) is 11.2 Å². The summed E-state index contributed by atoms with van der Waals surface area (Å²) in [4.78, 5) is 61.2. The van der Waals surface area contributed by atoms with Gasteiger partial charge in [0.25, 0.3) is 0 Å². The van der Waals surface area contributed by atoms with E-state index in [1.165, 1.54) is 0 Å². The minimum absolute atomic E-state index is 0. The fraction of sp³-hybridized carbons (Fsp3) is 0.750. The molecule has 0 spiro atoms. The van der Waals surface area contributed by atoms with Crippen molar-refractivity contribution in [1.82, 2.24) is 29.3 Å². The predicted molar refractivity (Wildman–Crippen MR) is 216 cm³/mol. The number of anilines is 1. The number of aliphatic hydroxyl groups excluding tert-OH is 1. The third kappa shape index (κ3) is 7.30. The molecule has 306 valence electrons. The Morgan fingerprint density at radius 2 is 1.76 bits per heavy atom. The molecule has 7 rings (SSSR count). The summed E-state index contributed by atoms with van der Waals surface area (Å²) in [5, 5.41) is 11.9. The molecule has 3 aliphatic carbocycles. The summed E-state index contributed by atoms with van der Waals surface area (Å²) in [6.07, 6.45) is 8.59. The lowest BCUT2D eigenvalue weighted by molar-refractivity contribution is -0.207. The average molecular weight is 806 g/mol. The van der Waals surface area contributed by atoms with Crippen molar-refractivity contribution < 1.29 is 24.2 Å². The molecule has 55 heavy (non-hydrogen) atoms. The van der Waals surface area contributed by atoms with Crippen LogP contribution in [0.5, 0.6) is 0 Å². The minimum atomic E-state index is -0.701. The monoisotopic (exact) mass is 804 g/mol. The molecular weight excluding hydrogens is 743 g/mol. The lowest BCUT2D eigenvalue weighted by atomic mass is 9.44. The van der Waals surface area contributed by atoms with Gasteiger partial charge in [-0.2, -0.15) is 0 Å². The molecule has 2 aromatic rings. The number of hydrogen-bond acceptors (Lipinski definition) is 11. The van der Waals surface area contributed by atoms with Crippen molar-refractivity contribution in [2.75, 3.05) is 37.6 Å². The van der Waals surface area contributed by atoms with Gasteiger partial charge in [-0.3, -0.25) is 19.3 Å². The van der Waals surface area contributed by atoms with Crippen LogP contribution in [-0.4, -0.2) is 115 Å². The summed E-state index contributed by atoms with van der Waals surface area (Å²) in [6, 6.07) is -0.102. The summed E-state index contributed by atoms with van der Waals surface area (Å²) in [7, 11) is 0. The number of carbonyl (C=O) groups excluding carboxylic acids is 3. The maximum Gasteiger partial charge on any atom is 0.320 e. The Morgan fingerprint density at radius 1 is 1.05 bits per heavy atom. The number of nitrogens with zero attached hydrogens (tertiary/aromatic N) is 7. The highest BCUT2D eigenvalue weighted by molar-refractivity contribution is 5.86. The van der Waals surface area contributed by atoms with Crippen LogP contribution in [0.3, 0.4) is 0 Å². The number of esters is 1. The van der Waals surface area contributed by atoms with E-state index in [1.54, 1.807) is 12.7 Å². The lowest BCUT2D eigenvalue weighted by Crippen LogP contribution is -2.63. The number of ketones is 1. The minimum Gasteiger partial charge on any atom is -0.461 e. The smallest absolute Gasteiger partial charge is 0.320 e. The van der Waals surface area contributed by atoms with E-state index in [4.69, 9.17) is 10.5 Å². The van der Waals surface area contributed by atoms with Crippen LogP contribution in [0.1, 0.15) is 86.5 Å². The lowest BCUT2D eigenvalue weighted by Gasteiger charge is -2.61.